The van der Waals surface area contributed by atoms with Crippen molar-refractivity contribution in [1.29, 1.82) is 0 Å². The van der Waals surface area contributed by atoms with Crippen molar-refractivity contribution >= 4 is 5.78 Å². The highest BCUT2D eigenvalue weighted by atomic mass is 16.1. The summed E-state index contributed by atoms with van der Waals surface area (Å²) < 4.78 is 0. The summed E-state index contributed by atoms with van der Waals surface area (Å²) in [5.41, 5.74) is 0.323. The van der Waals surface area contributed by atoms with Crippen molar-refractivity contribution in [2.75, 3.05) is 0 Å². The van der Waals surface area contributed by atoms with Gasteiger partial charge in [0.25, 0.3) is 0 Å². The molecule has 3 atom stereocenters. The Bertz CT molecular complexity index is 263. The van der Waals surface area contributed by atoms with Crippen molar-refractivity contribution in [3.8, 4) is 0 Å². The quantitative estimate of drug-likeness (QED) is 0.630. The molecule has 0 amide bonds. The van der Waals surface area contributed by atoms with Crippen LogP contribution in [-0.4, -0.2) is 5.78 Å². The van der Waals surface area contributed by atoms with Crippen LogP contribution >= 0.6 is 0 Å². The van der Waals surface area contributed by atoms with Crippen LogP contribution in [0.2, 0.25) is 0 Å². The predicted molar refractivity (Wildman–Crippen MR) is 64.7 cm³/mol. The fraction of sp³-hybridized carbons (Fsp3) is 0.786. The molecule has 1 aliphatic carbocycles. The van der Waals surface area contributed by atoms with Crippen molar-refractivity contribution < 1.29 is 4.79 Å². The molecule has 0 radical (unpaired) electrons. The molecule has 1 heteroatoms. The monoisotopic (exact) mass is 208 g/mol. The highest BCUT2D eigenvalue weighted by molar-refractivity contribution is 5.87. The summed E-state index contributed by atoms with van der Waals surface area (Å²) >= 11 is 0. The van der Waals surface area contributed by atoms with Crippen LogP contribution in [-0.2, 0) is 4.79 Å². The molecular weight excluding hydrogens is 184 g/mol. The van der Waals surface area contributed by atoms with E-state index in [0.717, 1.165) is 5.92 Å². The fourth-order valence-electron chi connectivity index (χ4n) is 2.80. The standard InChI is InChI=1S/C14H24O/c1-10-6-7-11(2)14(4,5)13(10)9-8-12(3)15/h8-11,13H,6-7H2,1-5H3/b9-8+/t10-,11-,13-/m0/s1. The largest absolute Gasteiger partial charge is 0.295 e. The van der Waals surface area contributed by atoms with E-state index >= 15 is 0 Å². The maximum absolute atomic E-state index is 11.0. The summed E-state index contributed by atoms with van der Waals surface area (Å²) in [5, 5.41) is 0. The number of hydrogen-bond donors (Lipinski definition) is 0. The van der Waals surface area contributed by atoms with Gasteiger partial charge in [-0.05, 0) is 49.0 Å². The first-order valence-electron chi connectivity index (χ1n) is 6.04. The van der Waals surface area contributed by atoms with Gasteiger partial charge in [-0.15, -0.1) is 0 Å². The third-order valence-electron chi connectivity index (χ3n) is 4.34. The molecule has 0 bridgehead atoms. The Hall–Kier alpha value is -0.590. The van der Waals surface area contributed by atoms with Crippen LogP contribution in [0.5, 0.6) is 0 Å². The van der Waals surface area contributed by atoms with E-state index in [2.05, 4.69) is 33.8 Å². The van der Waals surface area contributed by atoms with Gasteiger partial charge in [0, 0.05) is 0 Å². The average molecular weight is 208 g/mol. The number of allylic oxidation sites excluding steroid dienone is 2. The summed E-state index contributed by atoms with van der Waals surface area (Å²) in [6, 6.07) is 0. The smallest absolute Gasteiger partial charge is 0.152 e. The SMILES string of the molecule is CC(=O)/C=C/[C@H]1[C@@H](C)CC[C@H](C)C1(C)C. The molecule has 0 heterocycles. The van der Waals surface area contributed by atoms with Crippen molar-refractivity contribution in [3.05, 3.63) is 12.2 Å². The first kappa shape index (κ1) is 12.5. The van der Waals surface area contributed by atoms with E-state index < -0.39 is 0 Å². The van der Waals surface area contributed by atoms with Gasteiger partial charge < -0.3 is 0 Å². The van der Waals surface area contributed by atoms with Gasteiger partial charge in [-0.1, -0.05) is 33.8 Å². The molecule has 0 aromatic heterocycles. The highest BCUT2D eigenvalue weighted by Crippen LogP contribution is 2.48. The van der Waals surface area contributed by atoms with Gasteiger partial charge in [-0.3, -0.25) is 4.79 Å². The Balaban J connectivity index is 2.85. The maximum Gasteiger partial charge on any atom is 0.152 e. The Labute approximate surface area is 93.9 Å². The lowest BCUT2D eigenvalue weighted by Crippen LogP contribution is -2.38. The zero-order chi connectivity index (χ0) is 11.6. The molecule has 0 N–H and O–H groups in total. The highest BCUT2D eigenvalue weighted by Gasteiger charge is 2.39. The second kappa shape index (κ2) is 4.51. The lowest BCUT2D eigenvalue weighted by atomic mass is 9.59. The first-order chi connectivity index (χ1) is 6.85. The minimum Gasteiger partial charge on any atom is -0.295 e. The number of carbonyl (C=O) groups excluding carboxylic acids is 1. The number of carbonyl (C=O) groups is 1. The van der Waals surface area contributed by atoms with Gasteiger partial charge in [0.1, 0.15) is 0 Å². The van der Waals surface area contributed by atoms with Gasteiger partial charge in [-0.2, -0.15) is 0 Å². The summed E-state index contributed by atoms with van der Waals surface area (Å²) in [4.78, 5) is 11.0. The third-order valence-corrected chi connectivity index (χ3v) is 4.34. The fourth-order valence-corrected chi connectivity index (χ4v) is 2.80. The van der Waals surface area contributed by atoms with Gasteiger partial charge in [0.2, 0.25) is 0 Å². The average Bonchev–Trinajstić information content (AvgIpc) is 2.11. The topological polar surface area (TPSA) is 17.1 Å². The van der Waals surface area contributed by atoms with Crippen LogP contribution in [0.3, 0.4) is 0 Å². The van der Waals surface area contributed by atoms with Gasteiger partial charge >= 0.3 is 0 Å². The second-order valence-corrected chi connectivity index (χ2v) is 5.77. The molecule has 1 saturated carbocycles. The predicted octanol–water partition coefficient (Wildman–Crippen LogP) is 3.84. The van der Waals surface area contributed by atoms with E-state index in [1.807, 2.05) is 0 Å². The number of ketones is 1. The Morgan fingerprint density at radius 1 is 1.27 bits per heavy atom. The van der Waals surface area contributed by atoms with E-state index in [1.165, 1.54) is 12.8 Å². The van der Waals surface area contributed by atoms with Crippen LogP contribution < -0.4 is 0 Å². The van der Waals surface area contributed by atoms with Gasteiger partial charge in [0.05, 0.1) is 0 Å². The Morgan fingerprint density at radius 2 is 1.87 bits per heavy atom. The van der Waals surface area contributed by atoms with E-state index in [1.54, 1.807) is 13.0 Å². The maximum atomic E-state index is 11.0. The molecule has 15 heavy (non-hydrogen) atoms. The van der Waals surface area contributed by atoms with Crippen molar-refractivity contribution in [3.63, 3.8) is 0 Å². The molecule has 86 valence electrons. The summed E-state index contributed by atoms with van der Waals surface area (Å²) in [7, 11) is 0. The summed E-state index contributed by atoms with van der Waals surface area (Å²) in [6.45, 7) is 10.9. The normalized spacial score (nSPS) is 35.7. The second-order valence-electron chi connectivity index (χ2n) is 5.77. The summed E-state index contributed by atoms with van der Waals surface area (Å²) in [5.74, 6) is 2.16. The number of rotatable bonds is 2. The zero-order valence-corrected chi connectivity index (χ0v) is 10.7. The van der Waals surface area contributed by atoms with Gasteiger partial charge in [0.15, 0.2) is 5.78 Å². The van der Waals surface area contributed by atoms with Gasteiger partial charge in [-0.25, -0.2) is 0 Å². The van der Waals surface area contributed by atoms with E-state index in [9.17, 15) is 4.79 Å². The van der Waals surface area contributed by atoms with Crippen molar-refractivity contribution in [1.82, 2.24) is 0 Å². The molecule has 0 aliphatic heterocycles. The van der Waals surface area contributed by atoms with Crippen LogP contribution in [0.25, 0.3) is 0 Å². The minimum atomic E-state index is 0.163. The molecule has 0 spiro atoms. The van der Waals surface area contributed by atoms with Crippen LogP contribution in [0.1, 0.15) is 47.5 Å². The lowest BCUT2D eigenvalue weighted by Gasteiger charge is -2.46. The Morgan fingerprint density at radius 3 is 2.40 bits per heavy atom. The zero-order valence-electron chi connectivity index (χ0n) is 10.7. The van der Waals surface area contributed by atoms with Crippen molar-refractivity contribution in [2.24, 2.45) is 23.2 Å². The van der Waals surface area contributed by atoms with E-state index in [4.69, 9.17) is 0 Å². The molecule has 0 aromatic rings. The van der Waals surface area contributed by atoms with Crippen LogP contribution in [0.4, 0.5) is 0 Å². The molecule has 0 aromatic carbocycles. The molecule has 0 saturated heterocycles. The molecule has 1 nitrogen and oxygen atoms in total. The lowest BCUT2D eigenvalue weighted by molar-refractivity contribution is -0.112. The third kappa shape index (κ3) is 2.70. The van der Waals surface area contributed by atoms with E-state index in [0.29, 0.717) is 17.3 Å². The molecule has 1 fully saturated rings. The summed E-state index contributed by atoms with van der Waals surface area (Å²) in [6.07, 6.45) is 6.50. The molecular formula is C14H24O. The minimum absolute atomic E-state index is 0.163. The molecule has 1 aliphatic rings. The van der Waals surface area contributed by atoms with Crippen LogP contribution in [0, 0.1) is 23.2 Å². The van der Waals surface area contributed by atoms with Crippen molar-refractivity contribution in [2.45, 2.75) is 47.5 Å². The first-order valence-corrected chi connectivity index (χ1v) is 6.04. The molecule has 0 unspecified atom stereocenters. The number of hydrogen-bond acceptors (Lipinski definition) is 1. The van der Waals surface area contributed by atoms with Crippen LogP contribution in [0.15, 0.2) is 12.2 Å². The molecule has 1 rings (SSSR count). The Kier molecular flexibility index (Phi) is 3.75. The van der Waals surface area contributed by atoms with E-state index in [-0.39, 0.29) is 5.78 Å².